The summed E-state index contributed by atoms with van der Waals surface area (Å²) in [5, 5.41) is 0. The summed E-state index contributed by atoms with van der Waals surface area (Å²) < 4.78 is 27.2. The van der Waals surface area contributed by atoms with Crippen LogP contribution in [0.15, 0.2) is 42.5 Å². The molecule has 3 N–H and O–H groups in total. The van der Waals surface area contributed by atoms with Crippen molar-refractivity contribution in [3.63, 3.8) is 0 Å². The van der Waals surface area contributed by atoms with Crippen LogP contribution in [0.2, 0.25) is 0 Å². The molecule has 0 radical (unpaired) electrons. The van der Waals surface area contributed by atoms with Crippen LogP contribution in [-0.4, -0.2) is 14.1 Å². The highest BCUT2D eigenvalue weighted by Crippen LogP contribution is 2.26. The number of hydrazine groups is 1. The predicted molar refractivity (Wildman–Crippen MR) is 76.3 cm³/mol. The molecular formula is C15H17F2N3. The number of hydrogen-bond donors (Lipinski definition) is 2. The number of benzene rings is 2. The van der Waals surface area contributed by atoms with E-state index < -0.39 is 17.7 Å². The SMILES string of the molecule is CN(C)c1ccc(C(NN)c2cccc(F)c2F)cc1. The number of hydrogen-bond acceptors (Lipinski definition) is 3. The Morgan fingerprint density at radius 1 is 1.05 bits per heavy atom. The summed E-state index contributed by atoms with van der Waals surface area (Å²) in [6, 6.07) is 10.9. The summed E-state index contributed by atoms with van der Waals surface area (Å²) >= 11 is 0. The Morgan fingerprint density at radius 2 is 1.70 bits per heavy atom. The number of anilines is 1. The van der Waals surface area contributed by atoms with E-state index in [1.165, 1.54) is 12.1 Å². The highest BCUT2D eigenvalue weighted by molar-refractivity contribution is 5.47. The van der Waals surface area contributed by atoms with Gasteiger partial charge in [0.05, 0.1) is 6.04 Å². The number of rotatable bonds is 4. The van der Waals surface area contributed by atoms with Gasteiger partial charge in [-0.15, -0.1) is 0 Å². The Balaban J connectivity index is 2.39. The minimum Gasteiger partial charge on any atom is -0.378 e. The van der Waals surface area contributed by atoms with E-state index >= 15 is 0 Å². The first-order chi connectivity index (χ1) is 9.54. The molecule has 0 aromatic heterocycles. The molecule has 2 aromatic carbocycles. The minimum atomic E-state index is -0.882. The molecule has 5 heteroatoms. The van der Waals surface area contributed by atoms with Crippen LogP contribution in [0.5, 0.6) is 0 Å². The van der Waals surface area contributed by atoms with E-state index in [1.807, 2.05) is 43.3 Å². The molecular weight excluding hydrogens is 260 g/mol. The fourth-order valence-electron chi connectivity index (χ4n) is 2.07. The maximum atomic E-state index is 13.9. The summed E-state index contributed by atoms with van der Waals surface area (Å²) in [4.78, 5) is 1.96. The van der Waals surface area contributed by atoms with Crippen LogP contribution in [0.25, 0.3) is 0 Å². The molecule has 0 heterocycles. The second-order valence-electron chi connectivity index (χ2n) is 4.73. The van der Waals surface area contributed by atoms with Gasteiger partial charge in [0.1, 0.15) is 0 Å². The molecule has 2 aromatic rings. The molecule has 0 saturated heterocycles. The average molecular weight is 277 g/mol. The van der Waals surface area contributed by atoms with E-state index in [0.717, 1.165) is 17.3 Å². The maximum Gasteiger partial charge on any atom is 0.163 e. The molecule has 1 atom stereocenters. The first kappa shape index (κ1) is 14.4. The zero-order valence-corrected chi connectivity index (χ0v) is 11.4. The Hall–Kier alpha value is -1.98. The van der Waals surface area contributed by atoms with Crippen molar-refractivity contribution in [1.82, 2.24) is 5.43 Å². The van der Waals surface area contributed by atoms with Crippen LogP contribution >= 0.6 is 0 Å². The number of halogens is 2. The highest BCUT2D eigenvalue weighted by atomic mass is 19.2. The van der Waals surface area contributed by atoms with Gasteiger partial charge in [-0.2, -0.15) is 0 Å². The van der Waals surface area contributed by atoms with E-state index in [2.05, 4.69) is 5.43 Å². The summed E-state index contributed by atoms with van der Waals surface area (Å²) in [6.45, 7) is 0. The van der Waals surface area contributed by atoms with Gasteiger partial charge in [0.15, 0.2) is 11.6 Å². The second kappa shape index (κ2) is 5.98. The zero-order chi connectivity index (χ0) is 14.7. The second-order valence-corrected chi connectivity index (χ2v) is 4.73. The Labute approximate surface area is 117 Å². The van der Waals surface area contributed by atoms with Gasteiger partial charge >= 0.3 is 0 Å². The van der Waals surface area contributed by atoms with Gasteiger partial charge < -0.3 is 4.90 Å². The fourth-order valence-corrected chi connectivity index (χ4v) is 2.07. The third-order valence-corrected chi connectivity index (χ3v) is 3.20. The van der Waals surface area contributed by atoms with Crippen LogP contribution in [0.4, 0.5) is 14.5 Å². The molecule has 2 rings (SSSR count). The molecule has 0 amide bonds. The zero-order valence-electron chi connectivity index (χ0n) is 11.4. The smallest absolute Gasteiger partial charge is 0.163 e. The fraction of sp³-hybridized carbons (Fsp3) is 0.200. The van der Waals surface area contributed by atoms with E-state index in [1.54, 1.807) is 0 Å². The van der Waals surface area contributed by atoms with E-state index in [9.17, 15) is 8.78 Å². The molecule has 20 heavy (non-hydrogen) atoms. The molecule has 0 aliphatic carbocycles. The van der Waals surface area contributed by atoms with Crippen LogP contribution < -0.4 is 16.2 Å². The standard InChI is InChI=1S/C15H17F2N3/c1-20(2)11-8-6-10(7-9-11)15(19-18)12-4-3-5-13(16)14(12)17/h3-9,15,19H,18H2,1-2H3. The molecule has 106 valence electrons. The van der Waals surface area contributed by atoms with Crippen molar-refractivity contribution >= 4 is 5.69 Å². The normalized spacial score (nSPS) is 12.2. The van der Waals surface area contributed by atoms with Crippen molar-refractivity contribution in [3.8, 4) is 0 Å². The van der Waals surface area contributed by atoms with Gasteiger partial charge in [-0.3, -0.25) is 5.84 Å². The highest BCUT2D eigenvalue weighted by Gasteiger charge is 2.18. The Morgan fingerprint density at radius 3 is 2.25 bits per heavy atom. The molecule has 0 aliphatic rings. The lowest BCUT2D eigenvalue weighted by atomic mass is 9.98. The Kier molecular flexibility index (Phi) is 4.32. The lowest BCUT2D eigenvalue weighted by Crippen LogP contribution is -2.29. The molecule has 0 spiro atoms. The largest absolute Gasteiger partial charge is 0.378 e. The summed E-state index contributed by atoms with van der Waals surface area (Å²) in [5.41, 5.74) is 4.50. The number of nitrogens with two attached hydrogens (primary N) is 1. The van der Waals surface area contributed by atoms with Crippen molar-refractivity contribution < 1.29 is 8.78 Å². The van der Waals surface area contributed by atoms with Gasteiger partial charge in [-0.05, 0) is 23.8 Å². The number of nitrogens with zero attached hydrogens (tertiary/aromatic N) is 1. The molecule has 0 saturated carbocycles. The first-order valence-corrected chi connectivity index (χ1v) is 6.22. The lowest BCUT2D eigenvalue weighted by molar-refractivity contribution is 0.483. The van der Waals surface area contributed by atoms with Crippen LogP contribution in [0, 0.1) is 11.6 Å². The average Bonchev–Trinajstić information content (AvgIpc) is 2.45. The van der Waals surface area contributed by atoms with Gasteiger partial charge in [-0.25, -0.2) is 14.2 Å². The predicted octanol–water partition coefficient (Wildman–Crippen LogP) is 2.58. The van der Waals surface area contributed by atoms with Gasteiger partial charge in [0, 0.05) is 25.3 Å². The molecule has 0 bridgehead atoms. The number of nitrogens with one attached hydrogen (secondary N) is 1. The van der Waals surface area contributed by atoms with Crippen LogP contribution in [0.3, 0.4) is 0 Å². The maximum absolute atomic E-state index is 13.9. The molecule has 1 unspecified atom stereocenters. The summed E-state index contributed by atoms with van der Waals surface area (Å²) in [6.07, 6.45) is 0. The molecule has 0 aliphatic heterocycles. The van der Waals surface area contributed by atoms with Gasteiger partial charge in [0.2, 0.25) is 0 Å². The topological polar surface area (TPSA) is 41.3 Å². The Bertz CT molecular complexity index is 582. The summed E-state index contributed by atoms with van der Waals surface area (Å²) in [5.74, 6) is 3.74. The molecule has 3 nitrogen and oxygen atoms in total. The van der Waals surface area contributed by atoms with E-state index in [4.69, 9.17) is 5.84 Å². The van der Waals surface area contributed by atoms with E-state index in [-0.39, 0.29) is 5.56 Å². The van der Waals surface area contributed by atoms with E-state index in [0.29, 0.717) is 0 Å². The van der Waals surface area contributed by atoms with Crippen molar-refractivity contribution in [1.29, 1.82) is 0 Å². The van der Waals surface area contributed by atoms with Crippen molar-refractivity contribution in [2.75, 3.05) is 19.0 Å². The third kappa shape index (κ3) is 2.79. The summed E-state index contributed by atoms with van der Waals surface area (Å²) in [7, 11) is 3.86. The first-order valence-electron chi connectivity index (χ1n) is 6.22. The monoisotopic (exact) mass is 277 g/mol. The third-order valence-electron chi connectivity index (χ3n) is 3.20. The van der Waals surface area contributed by atoms with Crippen molar-refractivity contribution in [2.45, 2.75) is 6.04 Å². The van der Waals surface area contributed by atoms with Gasteiger partial charge in [-0.1, -0.05) is 24.3 Å². The quantitative estimate of drug-likeness (QED) is 0.666. The minimum absolute atomic E-state index is 0.185. The van der Waals surface area contributed by atoms with Crippen molar-refractivity contribution in [2.24, 2.45) is 5.84 Å². The lowest BCUT2D eigenvalue weighted by Gasteiger charge is -2.19. The molecule has 0 fully saturated rings. The van der Waals surface area contributed by atoms with Crippen LogP contribution in [-0.2, 0) is 0 Å². The van der Waals surface area contributed by atoms with Crippen LogP contribution in [0.1, 0.15) is 17.2 Å². The van der Waals surface area contributed by atoms with Gasteiger partial charge in [0.25, 0.3) is 0 Å². The van der Waals surface area contributed by atoms with Crippen molar-refractivity contribution in [3.05, 3.63) is 65.2 Å².